The summed E-state index contributed by atoms with van der Waals surface area (Å²) in [6, 6.07) is 11.0. The summed E-state index contributed by atoms with van der Waals surface area (Å²) in [5.74, 6) is -1.48. The van der Waals surface area contributed by atoms with Crippen molar-refractivity contribution in [2.75, 3.05) is 26.6 Å². The molecule has 3 N–H and O–H groups in total. The number of methoxy groups -OCH3 is 2. The number of nitrogens with zero attached hydrogens (tertiary/aromatic N) is 2. The third-order valence-electron chi connectivity index (χ3n) is 5.99. The van der Waals surface area contributed by atoms with Gasteiger partial charge in [-0.25, -0.2) is 26.9 Å². The second-order valence-corrected chi connectivity index (χ2v) is 10.1. The van der Waals surface area contributed by atoms with Crippen molar-refractivity contribution in [1.82, 2.24) is 9.55 Å². The molecule has 1 aromatic heterocycles. The number of ether oxygens (including phenoxy) is 3. The molecule has 2 heterocycles. The molecular formula is C24H24F4N3O9P. The highest BCUT2D eigenvalue weighted by Crippen LogP contribution is 2.52. The highest BCUT2D eigenvalue weighted by Gasteiger charge is 2.62. The quantitative estimate of drug-likeness (QED) is 0.244. The lowest BCUT2D eigenvalue weighted by atomic mass is 9.97. The summed E-state index contributed by atoms with van der Waals surface area (Å²) in [5.41, 5.74) is 0.650. The number of phosphoric acid groups is 1. The molecular weight excluding hydrogens is 581 g/mol. The number of aliphatic hydroxyl groups excluding tert-OH is 1. The van der Waals surface area contributed by atoms with Crippen molar-refractivity contribution >= 4 is 13.6 Å². The number of alkyl halides is 3. The fourth-order valence-corrected chi connectivity index (χ4v) is 5.04. The van der Waals surface area contributed by atoms with Crippen molar-refractivity contribution in [3.8, 4) is 23.0 Å². The number of aromatic nitrogens is 2. The Hall–Kier alpha value is -3.85. The van der Waals surface area contributed by atoms with Crippen LogP contribution in [0.25, 0.3) is 0 Å². The molecule has 4 rings (SSSR count). The molecule has 0 amide bonds. The molecule has 4 unspecified atom stereocenters. The Morgan fingerprint density at radius 1 is 1.05 bits per heavy atom. The molecule has 0 spiro atoms. The van der Waals surface area contributed by atoms with E-state index in [0.29, 0.717) is 17.7 Å². The molecule has 1 aliphatic rings. The highest BCUT2D eigenvalue weighted by atomic mass is 31.2. The molecule has 222 valence electrons. The standard InChI is InChI=1S/C24H24F4N3O9P/c1-35-13-3-7-15(8-4-13)39-41(34,40-16-9-5-14(36-2)6-10-16)37-12-24(22(27)28)19(32)18(26)21(38-24)31-11-17(25)20(29)30-23(31)33/h3-11,18-19,21-22,32H,12H2,1-2H3,(H2,29,30,33). The van der Waals surface area contributed by atoms with E-state index >= 15 is 4.39 Å². The Kier molecular flexibility index (Phi) is 8.77. The maximum absolute atomic E-state index is 15.1. The zero-order valence-electron chi connectivity index (χ0n) is 21.4. The Balaban J connectivity index is 1.65. The summed E-state index contributed by atoms with van der Waals surface area (Å²) in [5, 5.41) is 10.5. The van der Waals surface area contributed by atoms with E-state index in [2.05, 4.69) is 4.98 Å². The number of halogens is 4. The van der Waals surface area contributed by atoms with E-state index in [1.165, 1.54) is 62.8 Å². The Labute approximate surface area is 229 Å². The van der Waals surface area contributed by atoms with Crippen molar-refractivity contribution in [1.29, 1.82) is 0 Å². The minimum absolute atomic E-state index is 0.0992. The van der Waals surface area contributed by atoms with Gasteiger partial charge < -0.3 is 34.1 Å². The zero-order chi connectivity index (χ0) is 29.9. The predicted octanol–water partition coefficient (Wildman–Crippen LogP) is 3.50. The van der Waals surface area contributed by atoms with Crippen LogP contribution in [0.5, 0.6) is 23.0 Å². The second-order valence-electron chi connectivity index (χ2n) is 8.57. The largest absolute Gasteiger partial charge is 0.587 e. The van der Waals surface area contributed by atoms with Crippen LogP contribution in [0.15, 0.2) is 59.5 Å². The molecule has 3 aromatic rings. The number of rotatable bonds is 11. The number of phosphoric ester groups is 1. The molecule has 2 aromatic carbocycles. The van der Waals surface area contributed by atoms with Crippen molar-refractivity contribution in [2.24, 2.45) is 0 Å². The fraction of sp³-hybridized carbons (Fsp3) is 0.333. The van der Waals surface area contributed by atoms with E-state index in [1.807, 2.05) is 0 Å². The summed E-state index contributed by atoms with van der Waals surface area (Å²) in [7, 11) is -2.08. The van der Waals surface area contributed by atoms with E-state index in [0.717, 1.165) is 0 Å². The molecule has 17 heteroatoms. The predicted molar refractivity (Wildman–Crippen MR) is 133 cm³/mol. The first-order valence-corrected chi connectivity index (χ1v) is 13.1. The second kappa shape index (κ2) is 11.9. The first-order valence-electron chi connectivity index (χ1n) is 11.7. The molecule has 41 heavy (non-hydrogen) atoms. The van der Waals surface area contributed by atoms with Crippen LogP contribution in [0.4, 0.5) is 23.4 Å². The van der Waals surface area contributed by atoms with Crippen LogP contribution < -0.4 is 29.9 Å². The average Bonchev–Trinajstić information content (AvgIpc) is 3.21. The normalized spacial score (nSPS) is 22.5. The summed E-state index contributed by atoms with van der Waals surface area (Å²) < 4.78 is 103. The van der Waals surface area contributed by atoms with Crippen LogP contribution in [0, 0.1) is 5.82 Å². The van der Waals surface area contributed by atoms with Gasteiger partial charge in [-0.2, -0.15) is 4.98 Å². The average molecular weight is 605 g/mol. The molecule has 0 bridgehead atoms. The zero-order valence-corrected chi connectivity index (χ0v) is 22.3. The van der Waals surface area contributed by atoms with Crippen LogP contribution >= 0.6 is 7.82 Å². The molecule has 0 saturated carbocycles. The first kappa shape index (κ1) is 30.1. The van der Waals surface area contributed by atoms with E-state index in [-0.39, 0.29) is 16.1 Å². The molecule has 4 atom stereocenters. The van der Waals surface area contributed by atoms with E-state index in [9.17, 15) is 27.6 Å². The smallest absolute Gasteiger partial charge is 0.497 e. The number of benzene rings is 2. The Morgan fingerprint density at radius 3 is 2.00 bits per heavy atom. The molecule has 12 nitrogen and oxygen atoms in total. The number of nitrogen functional groups attached to an aromatic ring is 1. The van der Waals surface area contributed by atoms with Crippen molar-refractivity contribution in [2.45, 2.75) is 30.5 Å². The number of aliphatic hydroxyl groups is 1. The van der Waals surface area contributed by atoms with Crippen molar-refractivity contribution in [3.05, 3.63) is 71.0 Å². The lowest BCUT2D eigenvalue weighted by Gasteiger charge is -2.31. The summed E-state index contributed by atoms with van der Waals surface area (Å²) in [6.07, 6.45) is -10.9. The topological polar surface area (TPSA) is 154 Å². The molecule has 0 radical (unpaired) electrons. The maximum Gasteiger partial charge on any atom is 0.587 e. The van der Waals surface area contributed by atoms with Crippen LogP contribution in [-0.2, 0) is 13.8 Å². The molecule has 1 saturated heterocycles. The van der Waals surface area contributed by atoms with E-state index in [1.54, 1.807) is 0 Å². The van der Waals surface area contributed by atoms with Gasteiger partial charge >= 0.3 is 13.5 Å². The lowest BCUT2D eigenvalue weighted by Crippen LogP contribution is -2.52. The fourth-order valence-electron chi connectivity index (χ4n) is 3.78. The Morgan fingerprint density at radius 2 is 1.54 bits per heavy atom. The van der Waals surface area contributed by atoms with Gasteiger partial charge in [0.2, 0.25) is 0 Å². The summed E-state index contributed by atoms with van der Waals surface area (Å²) in [4.78, 5) is 15.3. The van der Waals surface area contributed by atoms with Crippen LogP contribution in [0.1, 0.15) is 6.23 Å². The van der Waals surface area contributed by atoms with Crippen molar-refractivity contribution < 1.29 is 55.0 Å². The Bertz CT molecular complexity index is 1410. The summed E-state index contributed by atoms with van der Waals surface area (Å²) >= 11 is 0. The first-order chi connectivity index (χ1) is 19.4. The third kappa shape index (κ3) is 6.25. The molecule has 1 aliphatic heterocycles. The molecule has 1 fully saturated rings. The van der Waals surface area contributed by atoms with E-state index in [4.69, 9.17) is 33.5 Å². The van der Waals surface area contributed by atoms with Gasteiger partial charge in [0.15, 0.2) is 29.6 Å². The number of nitrogens with two attached hydrogens (primary N) is 1. The van der Waals surface area contributed by atoms with Crippen molar-refractivity contribution in [3.63, 3.8) is 0 Å². The van der Waals surface area contributed by atoms with Crippen LogP contribution in [0.3, 0.4) is 0 Å². The van der Waals surface area contributed by atoms with Gasteiger partial charge in [0.25, 0.3) is 6.43 Å². The van der Waals surface area contributed by atoms with Gasteiger partial charge in [0.05, 0.1) is 27.0 Å². The highest BCUT2D eigenvalue weighted by molar-refractivity contribution is 7.49. The monoisotopic (exact) mass is 605 g/mol. The SMILES string of the molecule is COc1ccc(OP(=O)(OCC2(C(F)F)OC(n3cc(F)c(N)nc3=O)C(F)C2O)Oc2ccc(OC)cc2)cc1. The number of anilines is 1. The van der Waals surface area contributed by atoms with Gasteiger partial charge in [-0.1, -0.05) is 0 Å². The van der Waals surface area contributed by atoms with Gasteiger partial charge in [0.1, 0.15) is 29.1 Å². The summed E-state index contributed by atoms with van der Waals surface area (Å²) in [6.45, 7) is -1.47. The third-order valence-corrected chi connectivity index (χ3v) is 7.31. The van der Waals surface area contributed by atoms with Gasteiger partial charge in [0, 0.05) is 0 Å². The van der Waals surface area contributed by atoms with Crippen LogP contribution in [0.2, 0.25) is 0 Å². The van der Waals surface area contributed by atoms with Gasteiger partial charge in [-0.3, -0.25) is 9.09 Å². The minimum atomic E-state index is -4.89. The van der Waals surface area contributed by atoms with E-state index < -0.39 is 62.3 Å². The van der Waals surface area contributed by atoms with Gasteiger partial charge in [-0.05, 0) is 48.5 Å². The van der Waals surface area contributed by atoms with Crippen LogP contribution in [-0.4, -0.2) is 59.8 Å². The lowest BCUT2D eigenvalue weighted by molar-refractivity contribution is -0.193. The number of hydrogen-bond acceptors (Lipinski definition) is 11. The number of hydrogen-bond donors (Lipinski definition) is 2. The maximum atomic E-state index is 15.1. The van der Waals surface area contributed by atoms with Gasteiger partial charge in [-0.15, -0.1) is 0 Å². The molecule has 0 aliphatic carbocycles. The minimum Gasteiger partial charge on any atom is -0.497 e.